The molecule has 0 radical (unpaired) electrons. The van der Waals surface area contributed by atoms with Crippen LogP contribution < -0.4 is 10.1 Å². The number of hydrogen-bond donors (Lipinski definition) is 1. The zero-order valence-corrected chi connectivity index (χ0v) is 18.3. The third-order valence-electron chi connectivity index (χ3n) is 4.49. The van der Waals surface area contributed by atoms with Gasteiger partial charge < -0.3 is 14.8 Å². The van der Waals surface area contributed by atoms with E-state index in [0.717, 1.165) is 0 Å². The zero-order valence-electron chi connectivity index (χ0n) is 17.5. The number of ether oxygens (including phenoxy) is 2. The minimum absolute atomic E-state index is 0.0285. The van der Waals surface area contributed by atoms with Crippen molar-refractivity contribution in [1.82, 2.24) is 4.90 Å². The van der Waals surface area contributed by atoms with Crippen molar-refractivity contribution in [2.45, 2.75) is 18.6 Å². The first kappa shape index (κ1) is 22.4. The molecule has 0 saturated carbocycles. The molecule has 1 saturated heterocycles. The van der Waals surface area contributed by atoms with Gasteiger partial charge in [0.05, 0.1) is 25.0 Å². The molecule has 0 unspecified atom stereocenters. The van der Waals surface area contributed by atoms with Crippen molar-refractivity contribution >= 4 is 46.1 Å². The molecule has 1 N–H and O–H groups in total. The molecule has 0 aliphatic carbocycles. The Morgan fingerprint density at radius 3 is 2.42 bits per heavy atom. The summed E-state index contributed by atoms with van der Waals surface area (Å²) >= 11 is 1.24. The molecular weight excluding hydrogens is 418 g/mol. The lowest BCUT2D eigenvalue weighted by Crippen LogP contribution is -2.30. The number of anilines is 1. The molecular formula is C22H23N3O5S. The molecule has 2 amide bonds. The van der Waals surface area contributed by atoms with Gasteiger partial charge in [0.2, 0.25) is 11.8 Å². The first-order chi connectivity index (χ1) is 14.9. The molecule has 3 rings (SSSR count). The molecule has 0 spiro atoms. The number of esters is 1. The maximum atomic E-state index is 12.6. The lowest BCUT2D eigenvalue weighted by Gasteiger charge is -2.09. The Hall–Kier alpha value is -3.33. The van der Waals surface area contributed by atoms with E-state index in [1.165, 1.54) is 16.7 Å². The van der Waals surface area contributed by atoms with E-state index in [2.05, 4.69) is 10.3 Å². The maximum Gasteiger partial charge on any atom is 0.338 e. The molecule has 2 aromatic carbocycles. The van der Waals surface area contributed by atoms with E-state index >= 15 is 0 Å². The van der Waals surface area contributed by atoms with Crippen LogP contribution in [0.5, 0.6) is 5.75 Å². The van der Waals surface area contributed by atoms with Gasteiger partial charge in [-0.05, 0) is 55.5 Å². The van der Waals surface area contributed by atoms with Gasteiger partial charge in [0.1, 0.15) is 11.0 Å². The van der Waals surface area contributed by atoms with Gasteiger partial charge in [-0.25, -0.2) is 9.79 Å². The molecule has 8 nitrogen and oxygen atoms in total. The summed E-state index contributed by atoms with van der Waals surface area (Å²) in [7, 11) is 3.20. The third kappa shape index (κ3) is 5.64. The fraction of sp³-hybridized carbons (Fsp3) is 0.273. The Bertz CT molecular complexity index is 989. The van der Waals surface area contributed by atoms with Gasteiger partial charge in [-0.15, -0.1) is 0 Å². The highest BCUT2D eigenvalue weighted by Crippen LogP contribution is 2.31. The molecule has 1 atom stereocenters. The molecule has 1 aliphatic heterocycles. The van der Waals surface area contributed by atoms with Crippen molar-refractivity contribution < 1.29 is 23.9 Å². The van der Waals surface area contributed by atoms with Crippen molar-refractivity contribution in [2.75, 3.05) is 26.1 Å². The molecule has 31 heavy (non-hydrogen) atoms. The number of aliphatic imine (C=N–C) groups is 1. The monoisotopic (exact) mass is 441 g/mol. The Morgan fingerprint density at radius 2 is 1.81 bits per heavy atom. The predicted octanol–water partition coefficient (Wildman–Crippen LogP) is 3.46. The van der Waals surface area contributed by atoms with Crippen LogP contribution in [-0.4, -0.2) is 53.9 Å². The maximum absolute atomic E-state index is 12.6. The number of benzene rings is 2. The smallest absolute Gasteiger partial charge is 0.338 e. The van der Waals surface area contributed by atoms with Crippen molar-refractivity contribution in [2.24, 2.45) is 4.99 Å². The van der Waals surface area contributed by atoms with E-state index in [-0.39, 0.29) is 18.2 Å². The number of nitrogens with zero attached hydrogens (tertiary/aromatic N) is 2. The standard InChI is InChI=1S/C22H23N3O5S/c1-4-30-21(28)14-5-7-16(8-6-14)24-22-25(2)20(27)18(31-22)13-19(26)23-15-9-11-17(29-3)12-10-15/h5-12,18H,4,13H2,1-3H3,(H,23,26)/t18-/m0/s1. The number of carbonyl (C=O) groups excluding carboxylic acids is 3. The molecule has 1 heterocycles. The summed E-state index contributed by atoms with van der Waals surface area (Å²) in [5, 5.41) is 2.73. The largest absolute Gasteiger partial charge is 0.497 e. The van der Waals surface area contributed by atoms with Crippen molar-refractivity contribution in [3.8, 4) is 5.75 Å². The van der Waals surface area contributed by atoms with Gasteiger partial charge >= 0.3 is 5.97 Å². The van der Waals surface area contributed by atoms with Crippen LogP contribution in [0.4, 0.5) is 11.4 Å². The topological polar surface area (TPSA) is 97.3 Å². The minimum Gasteiger partial charge on any atom is -0.497 e. The van der Waals surface area contributed by atoms with Crippen LogP contribution in [0.1, 0.15) is 23.7 Å². The number of carbonyl (C=O) groups is 3. The normalized spacial score (nSPS) is 17.0. The lowest BCUT2D eigenvalue weighted by molar-refractivity contribution is -0.127. The summed E-state index contributed by atoms with van der Waals surface area (Å²) < 4.78 is 10.1. The number of rotatable bonds is 7. The molecule has 1 fully saturated rings. The summed E-state index contributed by atoms with van der Waals surface area (Å²) in [5.41, 5.74) is 1.66. The number of amidine groups is 1. The highest BCUT2D eigenvalue weighted by atomic mass is 32.2. The van der Waals surface area contributed by atoms with E-state index in [1.54, 1.807) is 69.6 Å². The molecule has 162 valence electrons. The van der Waals surface area contributed by atoms with E-state index in [4.69, 9.17) is 9.47 Å². The molecule has 2 aromatic rings. The second-order valence-electron chi connectivity index (χ2n) is 6.65. The van der Waals surface area contributed by atoms with E-state index < -0.39 is 11.2 Å². The van der Waals surface area contributed by atoms with Gasteiger partial charge in [0.25, 0.3) is 0 Å². The van der Waals surface area contributed by atoms with Gasteiger partial charge in [-0.1, -0.05) is 11.8 Å². The number of thioether (sulfide) groups is 1. The first-order valence-electron chi connectivity index (χ1n) is 9.65. The lowest BCUT2D eigenvalue weighted by atomic mass is 10.2. The van der Waals surface area contributed by atoms with Crippen LogP contribution in [0.2, 0.25) is 0 Å². The number of amides is 2. The van der Waals surface area contributed by atoms with Crippen LogP contribution in [0.3, 0.4) is 0 Å². The Kier molecular flexibility index (Phi) is 7.30. The summed E-state index contributed by atoms with van der Waals surface area (Å²) in [6.45, 7) is 2.05. The van der Waals surface area contributed by atoms with Gasteiger partial charge in [0, 0.05) is 19.2 Å². The average Bonchev–Trinajstić information content (AvgIpc) is 3.02. The van der Waals surface area contributed by atoms with Gasteiger partial charge in [-0.2, -0.15) is 0 Å². The highest BCUT2D eigenvalue weighted by molar-refractivity contribution is 8.15. The van der Waals surface area contributed by atoms with Crippen LogP contribution in [0.15, 0.2) is 53.5 Å². The number of methoxy groups -OCH3 is 1. The number of nitrogens with one attached hydrogen (secondary N) is 1. The molecule has 0 bridgehead atoms. The van der Waals surface area contributed by atoms with Crippen molar-refractivity contribution in [1.29, 1.82) is 0 Å². The van der Waals surface area contributed by atoms with Crippen LogP contribution in [0, 0.1) is 0 Å². The second kappa shape index (κ2) is 10.1. The van der Waals surface area contributed by atoms with Crippen molar-refractivity contribution in [3.05, 3.63) is 54.1 Å². The fourth-order valence-corrected chi connectivity index (χ4v) is 4.00. The van der Waals surface area contributed by atoms with E-state index in [1.807, 2.05) is 0 Å². The van der Waals surface area contributed by atoms with E-state index in [0.29, 0.717) is 34.5 Å². The summed E-state index contributed by atoms with van der Waals surface area (Å²) in [6, 6.07) is 13.6. The highest BCUT2D eigenvalue weighted by Gasteiger charge is 2.37. The summed E-state index contributed by atoms with van der Waals surface area (Å²) in [4.78, 5) is 42.6. The average molecular weight is 442 g/mol. The van der Waals surface area contributed by atoms with Crippen LogP contribution >= 0.6 is 11.8 Å². The molecule has 1 aliphatic rings. The second-order valence-corrected chi connectivity index (χ2v) is 7.82. The zero-order chi connectivity index (χ0) is 22.4. The van der Waals surface area contributed by atoms with Crippen LogP contribution in [-0.2, 0) is 14.3 Å². The molecule has 9 heteroatoms. The van der Waals surface area contributed by atoms with Gasteiger partial charge in [0.15, 0.2) is 5.17 Å². The Labute approximate surface area is 184 Å². The third-order valence-corrected chi connectivity index (χ3v) is 5.72. The predicted molar refractivity (Wildman–Crippen MR) is 120 cm³/mol. The van der Waals surface area contributed by atoms with E-state index in [9.17, 15) is 14.4 Å². The summed E-state index contributed by atoms with van der Waals surface area (Å²) in [6.07, 6.45) is 0.0285. The Balaban J connectivity index is 1.62. The molecule has 0 aromatic heterocycles. The Morgan fingerprint density at radius 1 is 1.13 bits per heavy atom. The quantitative estimate of drug-likeness (QED) is 0.661. The summed E-state index contributed by atoms with van der Waals surface area (Å²) in [5.74, 6) is -0.148. The van der Waals surface area contributed by atoms with Gasteiger partial charge in [-0.3, -0.25) is 14.5 Å². The number of hydrogen-bond acceptors (Lipinski definition) is 7. The SMILES string of the molecule is CCOC(=O)c1ccc(N=C2S[C@@H](CC(=O)Nc3ccc(OC)cc3)C(=O)N2C)cc1. The first-order valence-corrected chi connectivity index (χ1v) is 10.5. The van der Waals surface area contributed by atoms with Crippen LogP contribution in [0.25, 0.3) is 0 Å². The van der Waals surface area contributed by atoms with Crippen molar-refractivity contribution in [3.63, 3.8) is 0 Å². The fourth-order valence-electron chi connectivity index (χ4n) is 2.85. The minimum atomic E-state index is -0.555.